The lowest BCUT2D eigenvalue weighted by Crippen LogP contribution is -2.24. The lowest BCUT2D eigenvalue weighted by atomic mass is 10.1. The van der Waals surface area contributed by atoms with Crippen LogP contribution in [0.25, 0.3) is 0 Å². The van der Waals surface area contributed by atoms with Crippen LogP contribution in [0.4, 0.5) is 4.39 Å². The lowest BCUT2D eigenvalue weighted by Gasteiger charge is -2.18. The van der Waals surface area contributed by atoms with E-state index in [9.17, 15) is 14.0 Å². The molecule has 6 heteroatoms. The molecule has 1 aliphatic rings. The number of para-hydroxylation sites is 1. The molecule has 32 heavy (non-hydrogen) atoms. The van der Waals surface area contributed by atoms with E-state index < -0.39 is 40.6 Å². The van der Waals surface area contributed by atoms with Gasteiger partial charge in [-0.15, -0.1) is 0 Å². The Labute approximate surface area is 188 Å². The molecule has 0 aromatic heterocycles. The molecule has 170 valence electrons. The monoisotopic (exact) mass is 440 g/mol. The fraction of sp³-hybridized carbons (Fsp3) is 0.385. The molecule has 0 unspecified atom stereocenters. The van der Waals surface area contributed by atoms with Crippen LogP contribution in [0.5, 0.6) is 11.5 Å². The normalized spacial score (nSPS) is 19.8. The highest BCUT2D eigenvalue weighted by atomic mass is 19.1. The Morgan fingerprint density at radius 1 is 1.03 bits per heavy atom. The SMILES string of the molecule is CC(C)(C)OC(=O)/C(F)=C\[C@H]1[C@@H](C(=O)OCc2cccc(Oc3ccccc3)c2)C1(C)C. The van der Waals surface area contributed by atoms with Crippen LogP contribution in [0.2, 0.25) is 0 Å². The maximum atomic E-state index is 14.3. The average Bonchev–Trinajstić information content (AvgIpc) is 3.25. The summed E-state index contributed by atoms with van der Waals surface area (Å²) in [6, 6.07) is 16.7. The molecule has 0 spiro atoms. The van der Waals surface area contributed by atoms with E-state index in [1.165, 1.54) is 6.08 Å². The van der Waals surface area contributed by atoms with Crippen LogP contribution in [0, 0.1) is 17.3 Å². The Morgan fingerprint density at radius 2 is 1.69 bits per heavy atom. The summed E-state index contributed by atoms with van der Waals surface area (Å²) >= 11 is 0. The maximum Gasteiger partial charge on any atom is 0.367 e. The van der Waals surface area contributed by atoms with Crippen LogP contribution in [0.3, 0.4) is 0 Å². The van der Waals surface area contributed by atoms with Crippen molar-refractivity contribution >= 4 is 11.9 Å². The van der Waals surface area contributed by atoms with Gasteiger partial charge in [0.15, 0.2) is 0 Å². The molecule has 2 aromatic rings. The predicted molar refractivity (Wildman–Crippen MR) is 119 cm³/mol. The van der Waals surface area contributed by atoms with E-state index in [1.807, 2.05) is 62.4 Å². The van der Waals surface area contributed by atoms with Crippen molar-refractivity contribution in [2.45, 2.75) is 46.8 Å². The zero-order valence-corrected chi connectivity index (χ0v) is 19.1. The molecule has 0 aliphatic heterocycles. The number of esters is 2. The number of allylic oxidation sites excluding steroid dienone is 1. The molecule has 1 saturated carbocycles. The van der Waals surface area contributed by atoms with E-state index in [0.29, 0.717) is 11.5 Å². The summed E-state index contributed by atoms with van der Waals surface area (Å²) in [6.45, 7) is 8.76. The van der Waals surface area contributed by atoms with Gasteiger partial charge in [-0.2, -0.15) is 4.39 Å². The molecule has 1 fully saturated rings. The smallest absolute Gasteiger partial charge is 0.367 e. The third-order valence-electron chi connectivity index (χ3n) is 5.34. The van der Waals surface area contributed by atoms with Gasteiger partial charge in [-0.05, 0) is 68.0 Å². The summed E-state index contributed by atoms with van der Waals surface area (Å²) in [5.41, 5.74) is -0.523. The van der Waals surface area contributed by atoms with Crippen molar-refractivity contribution in [3.05, 3.63) is 72.1 Å². The van der Waals surface area contributed by atoms with Crippen molar-refractivity contribution in [3.8, 4) is 11.5 Å². The van der Waals surface area contributed by atoms with Gasteiger partial charge in [-0.3, -0.25) is 4.79 Å². The van der Waals surface area contributed by atoms with Gasteiger partial charge in [-0.1, -0.05) is 44.2 Å². The number of halogens is 1. The van der Waals surface area contributed by atoms with Crippen LogP contribution in [0.15, 0.2) is 66.5 Å². The van der Waals surface area contributed by atoms with Crippen LogP contribution < -0.4 is 4.74 Å². The molecule has 2 aromatic carbocycles. The molecule has 1 aliphatic carbocycles. The highest BCUT2D eigenvalue weighted by Gasteiger charge is 2.62. The summed E-state index contributed by atoms with van der Waals surface area (Å²) in [7, 11) is 0. The Bertz CT molecular complexity index is 1000. The van der Waals surface area contributed by atoms with Gasteiger partial charge in [0.25, 0.3) is 0 Å². The molecule has 0 bridgehead atoms. The van der Waals surface area contributed by atoms with Gasteiger partial charge in [0.05, 0.1) is 5.92 Å². The van der Waals surface area contributed by atoms with Gasteiger partial charge in [-0.25, -0.2) is 4.79 Å². The number of ether oxygens (including phenoxy) is 3. The number of rotatable bonds is 7. The topological polar surface area (TPSA) is 61.8 Å². The van der Waals surface area contributed by atoms with Gasteiger partial charge >= 0.3 is 11.9 Å². The molecular weight excluding hydrogens is 411 g/mol. The molecule has 2 atom stereocenters. The van der Waals surface area contributed by atoms with Gasteiger partial charge < -0.3 is 14.2 Å². The first kappa shape index (κ1) is 23.5. The maximum absolute atomic E-state index is 14.3. The molecule has 0 amide bonds. The predicted octanol–water partition coefficient (Wildman–Crippen LogP) is 5.99. The van der Waals surface area contributed by atoms with E-state index in [2.05, 4.69) is 0 Å². The molecule has 0 heterocycles. The largest absolute Gasteiger partial charge is 0.461 e. The first-order chi connectivity index (χ1) is 15.0. The van der Waals surface area contributed by atoms with Crippen molar-refractivity contribution < 1.29 is 28.2 Å². The number of carbonyl (C=O) groups is 2. The zero-order chi connectivity index (χ0) is 23.5. The number of hydrogen-bond donors (Lipinski definition) is 0. The van der Waals surface area contributed by atoms with Crippen LogP contribution in [0.1, 0.15) is 40.2 Å². The summed E-state index contributed by atoms with van der Waals surface area (Å²) in [4.78, 5) is 24.5. The van der Waals surface area contributed by atoms with Gasteiger partial charge in [0.1, 0.15) is 23.7 Å². The average molecular weight is 441 g/mol. The Hall–Kier alpha value is -3.15. The van der Waals surface area contributed by atoms with Crippen LogP contribution in [-0.4, -0.2) is 17.5 Å². The summed E-state index contributed by atoms with van der Waals surface area (Å²) in [5, 5.41) is 0. The van der Waals surface area contributed by atoms with E-state index in [1.54, 1.807) is 26.8 Å². The minimum Gasteiger partial charge on any atom is -0.461 e. The minimum atomic E-state index is -1.03. The number of hydrogen-bond acceptors (Lipinski definition) is 5. The lowest BCUT2D eigenvalue weighted by molar-refractivity contribution is -0.152. The molecule has 0 N–H and O–H groups in total. The molecule has 5 nitrogen and oxygen atoms in total. The van der Waals surface area contributed by atoms with Gasteiger partial charge in [0.2, 0.25) is 5.83 Å². The first-order valence-electron chi connectivity index (χ1n) is 10.6. The summed E-state index contributed by atoms with van der Waals surface area (Å²) in [5.74, 6) is -2.06. The minimum absolute atomic E-state index is 0.0718. The molecule has 0 radical (unpaired) electrons. The van der Waals surface area contributed by atoms with Crippen molar-refractivity contribution in [1.29, 1.82) is 0 Å². The van der Waals surface area contributed by atoms with Crippen molar-refractivity contribution in [3.63, 3.8) is 0 Å². The first-order valence-corrected chi connectivity index (χ1v) is 10.6. The fourth-order valence-electron chi connectivity index (χ4n) is 3.56. The number of carbonyl (C=O) groups excluding carboxylic acids is 2. The Kier molecular flexibility index (Phi) is 6.72. The highest BCUT2D eigenvalue weighted by Crippen LogP contribution is 2.60. The zero-order valence-electron chi connectivity index (χ0n) is 19.1. The Morgan fingerprint density at radius 3 is 2.34 bits per heavy atom. The fourth-order valence-corrected chi connectivity index (χ4v) is 3.56. The molecule has 0 saturated heterocycles. The van der Waals surface area contributed by atoms with E-state index >= 15 is 0 Å². The van der Waals surface area contributed by atoms with Crippen molar-refractivity contribution in [1.82, 2.24) is 0 Å². The second kappa shape index (κ2) is 9.15. The van der Waals surface area contributed by atoms with Crippen molar-refractivity contribution in [2.75, 3.05) is 0 Å². The Balaban J connectivity index is 1.58. The third kappa shape index (κ3) is 5.96. The second-order valence-electron chi connectivity index (χ2n) is 9.51. The highest BCUT2D eigenvalue weighted by molar-refractivity contribution is 5.87. The van der Waals surface area contributed by atoms with Crippen molar-refractivity contribution in [2.24, 2.45) is 17.3 Å². The molecule has 3 rings (SSSR count). The van der Waals surface area contributed by atoms with E-state index in [4.69, 9.17) is 14.2 Å². The van der Waals surface area contributed by atoms with Crippen LogP contribution in [-0.2, 0) is 25.7 Å². The standard InChI is InChI=1S/C26H29FO5/c1-25(2,3)32-23(28)21(27)15-20-22(26(20,4)5)24(29)30-16-17-10-9-13-19(14-17)31-18-11-7-6-8-12-18/h6-15,20,22H,16H2,1-5H3/b21-15+/t20-,22-/m0/s1. The molecular formula is C26H29FO5. The summed E-state index contributed by atoms with van der Waals surface area (Å²) < 4.78 is 30.6. The summed E-state index contributed by atoms with van der Waals surface area (Å²) in [6.07, 6.45) is 1.17. The van der Waals surface area contributed by atoms with Crippen LogP contribution >= 0.6 is 0 Å². The second-order valence-corrected chi connectivity index (χ2v) is 9.51. The van der Waals surface area contributed by atoms with E-state index in [0.717, 1.165) is 5.56 Å². The number of benzene rings is 2. The van der Waals surface area contributed by atoms with E-state index in [-0.39, 0.29) is 6.61 Å². The van der Waals surface area contributed by atoms with Gasteiger partial charge in [0, 0.05) is 0 Å². The quantitative estimate of drug-likeness (QED) is 0.391. The third-order valence-corrected chi connectivity index (χ3v) is 5.34.